The van der Waals surface area contributed by atoms with Gasteiger partial charge < -0.3 is 9.84 Å². The highest BCUT2D eigenvalue weighted by Gasteiger charge is 2.10. The average Bonchev–Trinajstić information content (AvgIpc) is 2.35. The fourth-order valence-corrected chi connectivity index (χ4v) is 1.17. The molecule has 0 saturated carbocycles. The lowest BCUT2D eigenvalue weighted by molar-refractivity contribution is 0.0446. The van der Waals surface area contributed by atoms with Gasteiger partial charge in [-0.05, 0) is 30.2 Å². The number of rotatable bonds is 5. The highest BCUT2D eigenvalue weighted by atomic mass is 16.5. The van der Waals surface area contributed by atoms with Crippen LogP contribution in [0.2, 0.25) is 0 Å². The number of carbonyl (C=O) groups is 2. The van der Waals surface area contributed by atoms with Crippen molar-refractivity contribution in [3.8, 4) is 0 Å². The summed E-state index contributed by atoms with van der Waals surface area (Å²) in [5.41, 5.74) is 0.529. The number of carbonyl (C=O) groups excluding carboxylic acids is 1. The predicted molar refractivity (Wildman–Crippen MR) is 63.1 cm³/mol. The molecule has 0 aliphatic rings. The first kappa shape index (κ1) is 13.2. The Bertz CT molecular complexity index is 394. The Hall–Kier alpha value is -1.84. The van der Waals surface area contributed by atoms with E-state index in [4.69, 9.17) is 9.84 Å². The van der Waals surface area contributed by atoms with Crippen LogP contribution in [0.1, 0.15) is 41.0 Å². The van der Waals surface area contributed by atoms with Gasteiger partial charge in [-0.3, -0.25) is 0 Å². The van der Waals surface area contributed by atoms with Crippen molar-refractivity contribution in [2.75, 3.05) is 6.61 Å². The first-order valence-corrected chi connectivity index (χ1v) is 5.55. The summed E-state index contributed by atoms with van der Waals surface area (Å²) in [6, 6.07) is 5.70. The summed E-state index contributed by atoms with van der Waals surface area (Å²) in [6.45, 7) is 4.41. The number of carboxylic acids is 1. The van der Waals surface area contributed by atoms with Gasteiger partial charge in [0.25, 0.3) is 0 Å². The molecule has 0 fully saturated rings. The lowest BCUT2D eigenvalue weighted by atomic mass is 10.1. The second kappa shape index (κ2) is 6.03. The summed E-state index contributed by atoms with van der Waals surface area (Å²) in [5.74, 6) is -1.09. The lowest BCUT2D eigenvalue weighted by Gasteiger charge is -2.09. The molecule has 0 unspecified atom stereocenters. The first-order chi connectivity index (χ1) is 8.04. The average molecular weight is 236 g/mol. The molecule has 0 heterocycles. The zero-order valence-corrected chi connectivity index (χ0v) is 9.97. The smallest absolute Gasteiger partial charge is 0.338 e. The van der Waals surface area contributed by atoms with Crippen molar-refractivity contribution < 1.29 is 19.4 Å². The van der Waals surface area contributed by atoms with Crippen LogP contribution in [0.5, 0.6) is 0 Å². The van der Waals surface area contributed by atoms with E-state index < -0.39 is 11.9 Å². The maximum atomic E-state index is 11.6. The van der Waals surface area contributed by atoms with Gasteiger partial charge in [0.05, 0.1) is 17.7 Å². The van der Waals surface area contributed by atoms with Gasteiger partial charge >= 0.3 is 11.9 Å². The molecular weight excluding hydrogens is 220 g/mol. The van der Waals surface area contributed by atoms with Crippen molar-refractivity contribution in [3.05, 3.63) is 35.4 Å². The normalized spacial score (nSPS) is 11.9. The van der Waals surface area contributed by atoms with E-state index >= 15 is 0 Å². The van der Waals surface area contributed by atoms with E-state index in [0.29, 0.717) is 18.1 Å². The molecule has 92 valence electrons. The minimum atomic E-state index is -1.01. The Morgan fingerprint density at radius 2 is 1.76 bits per heavy atom. The van der Waals surface area contributed by atoms with E-state index in [-0.39, 0.29) is 5.56 Å². The molecule has 0 radical (unpaired) electrons. The van der Waals surface area contributed by atoms with Crippen molar-refractivity contribution in [2.45, 2.75) is 20.3 Å². The van der Waals surface area contributed by atoms with Gasteiger partial charge in [0, 0.05) is 0 Å². The third-order valence-electron chi connectivity index (χ3n) is 2.56. The quantitative estimate of drug-likeness (QED) is 0.798. The van der Waals surface area contributed by atoms with E-state index in [2.05, 4.69) is 0 Å². The van der Waals surface area contributed by atoms with Gasteiger partial charge in [0.15, 0.2) is 0 Å². The van der Waals surface area contributed by atoms with E-state index in [1.165, 1.54) is 24.3 Å². The summed E-state index contributed by atoms with van der Waals surface area (Å²) in [7, 11) is 0. The Morgan fingerprint density at radius 1 is 1.24 bits per heavy atom. The van der Waals surface area contributed by atoms with Crippen molar-refractivity contribution in [3.63, 3.8) is 0 Å². The Morgan fingerprint density at radius 3 is 2.24 bits per heavy atom. The monoisotopic (exact) mass is 236 g/mol. The molecule has 1 aromatic rings. The maximum Gasteiger partial charge on any atom is 0.338 e. The molecule has 4 heteroatoms. The molecule has 1 atom stereocenters. The summed E-state index contributed by atoms with van der Waals surface area (Å²) in [6.07, 6.45) is 0.950. The third-order valence-corrected chi connectivity index (χ3v) is 2.56. The van der Waals surface area contributed by atoms with Gasteiger partial charge in [0.1, 0.15) is 0 Å². The molecule has 0 amide bonds. The molecular formula is C13H16O4. The van der Waals surface area contributed by atoms with E-state index in [9.17, 15) is 9.59 Å². The minimum absolute atomic E-state index is 0.156. The molecule has 4 nitrogen and oxygen atoms in total. The van der Waals surface area contributed by atoms with Crippen LogP contribution < -0.4 is 0 Å². The first-order valence-electron chi connectivity index (χ1n) is 5.55. The van der Waals surface area contributed by atoms with Gasteiger partial charge in [-0.1, -0.05) is 20.3 Å². The standard InChI is InChI=1S/C13H16O4/c1-3-9(2)8-17-13(16)11-6-4-10(5-7-11)12(14)15/h4-7,9H,3,8H2,1-2H3,(H,14,15)/t9-/m0/s1. The van der Waals surface area contributed by atoms with Gasteiger partial charge in [-0.25, -0.2) is 9.59 Å². The molecule has 0 bridgehead atoms. The van der Waals surface area contributed by atoms with Gasteiger partial charge in [-0.15, -0.1) is 0 Å². The van der Waals surface area contributed by atoms with Crippen LogP contribution in [-0.4, -0.2) is 23.7 Å². The molecule has 0 aliphatic heterocycles. The predicted octanol–water partition coefficient (Wildman–Crippen LogP) is 2.59. The molecule has 0 aromatic heterocycles. The SMILES string of the molecule is CC[C@H](C)COC(=O)c1ccc(C(=O)O)cc1. The highest BCUT2D eigenvalue weighted by Crippen LogP contribution is 2.08. The zero-order valence-electron chi connectivity index (χ0n) is 9.97. The van der Waals surface area contributed by atoms with Crippen molar-refractivity contribution in [1.29, 1.82) is 0 Å². The van der Waals surface area contributed by atoms with E-state index in [1.54, 1.807) is 0 Å². The molecule has 0 spiro atoms. The summed E-state index contributed by atoms with van der Waals surface area (Å²) in [4.78, 5) is 22.2. The van der Waals surface area contributed by atoms with Crippen LogP contribution in [0, 0.1) is 5.92 Å². The van der Waals surface area contributed by atoms with Crippen molar-refractivity contribution in [2.24, 2.45) is 5.92 Å². The molecule has 1 N–H and O–H groups in total. The Balaban J connectivity index is 2.61. The van der Waals surface area contributed by atoms with Crippen LogP contribution in [0.15, 0.2) is 24.3 Å². The van der Waals surface area contributed by atoms with Crippen LogP contribution >= 0.6 is 0 Å². The third kappa shape index (κ3) is 3.90. The molecule has 1 rings (SSSR count). The summed E-state index contributed by atoms with van der Waals surface area (Å²) < 4.78 is 5.09. The number of hydrogen-bond donors (Lipinski definition) is 1. The van der Waals surface area contributed by atoms with Crippen molar-refractivity contribution in [1.82, 2.24) is 0 Å². The van der Waals surface area contributed by atoms with Crippen molar-refractivity contribution >= 4 is 11.9 Å². The Kier molecular flexibility index (Phi) is 4.69. The molecule has 1 aromatic carbocycles. The molecule has 17 heavy (non-hydrogen) atoms. The highest BCUT2D eigenvalue weighted by molar-refractivity contribution is 5.92. The maximum absolute atomic E-state index is 11.6. The zero-order chi connectivity index (χ0) is 12.8. The second-order valence-electron chi connectivity index (χ2n) is 3.99. The molecule has 0 aliphatic carbocycles. The van der Waals surface area contributed by atoms with Gasteiger partial charge in [-0.2, -0.15) is 0 Å². The summed E-state index contributed by atoms with van der Waals surface area (Å²) >= 11 is 0. The fraction of sp³-hybridized carbons (Fsp3) is 0.385. The van der Waals surface area contributed by atoms with E-state index in [1.807, 2.05) is 13.8 Å². The van der Waals surface area contributed by atoms with Crippen LogP contribution in [0.25, 0.3) is 0 Å². The Labute approximate surface area is 100 Å². The largest absolute Gasteiger partial charge is 0.478 e. The number of benzene rings is 1. The topological polar surface area (TPSA) is 63.6 Å². The van der Waals surface area contributed by atoms with Crippen LogP contribution in [0.4, 0.5) is 0 Å². The van der Waals surface area contributed by atoms with Crippen LogP contribution in [0.3, 0.4) is 0 Å². The number of hydrogen-bond acceptors (Lipinski definition) is 3. The lowest BCUT2D eigenvalue weighted by Crippen LogP contribution is -2.11. The second-order valence-corrected chi connectivity index (χ2v) is 3.99. The fourth-order valence-electron chi connectivity index (χ4n) is 1.17. The number of carboxylic acid groups (broad SMARTS) is 1. The summed E-state index contributed by atoms with van der Waals surface area (Å²) in [5, 5.41) is 8.71. The van der Waals surface area contributed by atoms with Crippen LogP contribution in [-0.2, 0) is 4.74 Å². The molecule has 0 saturated heterocycles. The number of esters is 1. The van der Waals surface area contributed by atoms with E-state index in [0.717, 1.165) is 6.42 Å². The number of aromatic carboxylic acids is 1. The number of ether oxygens (including phenoxy) is 1. The van der Waals surface area contributed by atoms with Gasteiger partial charge in [0.2, 0.25) is 0 Å². The minimum Gasteiger partial charge on any atom is -0.478 e.